The second-order valence-corrected chi connectivity index (χ2v) is 7.87. The van der Waals surface area contributed by atoms with Gasteiger partial charge in [-0.15, -0.1) is 0 Å². The molecule has 1 fully saturated rings. The van der Waals surface area contributed by atoms with Gasteiger partial charge in [0.1, 0.15) is 0 Å². The third-order valence-electron chi connectivity index (χ3n) is 4.50. The molecule has 1 saturated carbocycles. The molecule has 1 aromatic carbocycles. The van der Waals surface area contributed by atoms with Crippen LogP contribution in [0.4, 0.5) is 0 Å². The van der Waals surface area contributed by atoms with Crippen molar-refractivity contribution in [1.29, 1.82) is 0 Å². The Balaban J connectivity index is 2.28. The van der Waals surface area contributed by atoms with Crippen LogP contribution in [0.5, 0.6) is 0 Å². The van der Waals surface area contributed by atoms with Crippen LogP contribution in [0.3, 0.4) is 0 Å². The average molecular weight is 295 g/mol. The van der Waals surface area contributed by atoms with Crippen molar-refractivity contribution >= 4 is 10.0 Å². The van der Waals surface area contributed by atoms with Crippen LogP contribution in [0.15, 0.2) is 17.0 Å². The molecule has 20 heavy (non-hydrogen) atoms. The first kappa shape index (κ1) is 15.5. The highest BCUT2D eigenvalue weighted by atomic mass is 32.2. The van der Waals surface area contributed by atoms with Gasteiger partial charge in [-0.1, -0.05) is 25.8 Å². The number of benzene rings is 1. The fourth-order valence-electron chi connectivity index (χ4n) is 2.98. The first-order chi connectivity index (χ1) is 9.31. The standard InChI is InChI=1S/C16H25NO2S/c1-11-7-5-6-8-15(11)17-20(18,19)16-10-13(3)12(2)9-14(16)4/h9-11,15,17H,5-8H2,1-4H3/t11-,15-/m0/s1. The second kappa shape index (κ2) is 5.86. The minimum absolute atomic E-state index is 0.0785. The van der Waals surface area contributed by atoms with Crippen LogP contribution in [0.1, 0.15) is 49.3 Å². The number of sulfonamides is 1. The third-order valence-corrected chi connectivity index (χ3v) is 6.13. The Morgan fingerprint density at radius 2 is 1.60 bits per heavy atom. The first-order valence-electron chi connectivity index (χ1n) is 7.41. The quantitative estimate of drug-likeness (QED) is 0.928. The van der Waals surface area contributed by atoms with E-state index in [2.05, 4.69) is 11.6 Å². The molecule has 0 unspecified atom stereocenters. The predicted octanol–water partition coefficient (Wildman–Crippen LogP) is 3.47. The minimum atomic E-state index is -3.41. The third kappa shape index (κ3) is 3.23. The fraction of sp³-hybridized carbons (Fsp3) is 0.625. The first-order valence-corrected chi connectivity index (χ1v) is 8.90. The minimum Gasteiger partial charge on any atom is -0.208 e. The molecule has 1 aliphatic rings. The van der Waals surface area contributed by atoms with E-state index in [0.717, 1.165) is 36.0 Å². The van der Waals surface area contributed by atoms with E-state index in [1.165, 1.54) is 6.42 Å². The monoisotopic (exact) mass is 295 g/mol. The van der Waals surface area contributed by atoms with Gasteiger partial charge >= 0.3 is 0 Å². The molecule has 1 aliphatic carbocycles. The van der Waals surface area contributed by atoms with Crippen molar-refractivity contribution < 1.29 is 8.42 Å². The molecule has 112 valence electrons. The zero-order chi connectivity index (χ0) is 14.9. The number of nitrogens with one attached hydrogen (secondary N) is 1. The van der Waals surface area contributed by atoms with E-state index in [1.54, 1.807) is 6.07 Å². The van der Waals surface area contributed by atoms with Crippen LogP contribution in [-0.4, -0.2) is 14.5 Å². The Labute approximate surface area is 122 Å². The average Bonchev–Trinajstić information content (AvgIpc) is 2.36. The van der Waals surface area contributed by atoms with Crippen molar-refractivity contribution in [3.8, 4) is 0 Å². The van der Waals surface area contributed by atoms with Gasteiger partial charge in [-0.25, -0.2) is 13.1 Å². The van der Waals surface area contributed by atoms with Gasteiger partial charge in [0, 0.05) is 6.04 Å². The molecule has 2 atom stereocenters. The van der Waals surface area contributed by atoms with Crippen molar-refractivity contribution in [1.82, 2.24) is 4.72 Å². The maximum Gasteiger partial charge on any atom is 0.241 e. The molecule has 1 N–H and O–H groups in total. The van der Waals surface area contributed by atoms with E-state index >= 15 is 0 Å². The molecular formula is C16H25NO2S. The Morgan fingerprint density at radius 3 is 2.25 bits per heavy atom. The van der Waals surface area contributed by atoms with Gasteiger partial charge in [0.15, 0.2) is 0 Å². The highest BCUT2D eigenvalue weighted by molar-refractivity contribution is 7.89. The highest BCUT2D eigenvalue weighted by Gasteiger charge is 2.27. The van der Waals surface area contributed by atoms with Crippen LogP contribution >= 0.6 is 0 Å². The van der Waals surface area contributed by atoms with Crippen LogP contribution in [-0.2, 0) is 10.0 Å². The number of hydrogen-bond acceptors (Lipinski definition) is 2. The van der Waals surface area contributed by atoms with Crippen LogP contribution in [0.2, 0.25) is 0 Å². The van der Waals surface area contributed by atoms with Gasteiger partial charge in [-0.05, 0) is 62.3 Å². The van der Waals surface area contributed by atoms with Crippen molar-refractivity contribution in [3.05, 3.63) is 28.8 Å². The summed E-state index contributed by atoms with van der Waals surface area (Å²) in [5, 5.41) is 0. The van der Waals surface area contributed by atoms with Gasteiger partial charge in [0.2, 0.25) is 10.0 Å². The van der Waals surface area contributed by atoms with E-state index in [-0.39, 0.29) is 6.04 Å². The van der Waals surface area contributed by atoms with Crippen LogP contribution in [0.25, 0.3) is 0 Å². The molecule has 0 heterocycles. The summed E-state index contributed by atoms with van der Waals surface area (Å²) in [6.45, 7) is 7.97. The Hall–Kier alpha value is -0.870. The molecule has 0 aromatic heterocycles. The summed E-state index contributed by atoms with van der Waals surface area (Å²) < 4.78 is 28.2. The zero-order valence-corrected chi connectivity index (χ0v) is 13.7. The fourth-order valence-corrected chi connectivity index (χ4v) is 4.67. The van der Waals surface area contributed by atoms with Gasteiger partial charge in [-0.2, -0.15) is 0 Å². The Morgan fingerprint density at radius 1 is 1.00 bits per heavy atom. The smallest absolute Gasteiger partial charge is 0.208 e. The molecule has 0 saturated heterocycles. The molecule has 1 aromatic rings. The molecule has 0 radical (unpaired) electrons. The zero-order valence-electron chi connectivity index (χ0n) is 12.9. The normalized spacial score (nSPS) is 23.8. The van der Waals surface area contributed by atoms with Gasteiger partial charge < -0.3 is 0 Å². The SMILES string of the molecule is Cc1cc(C)c(S(=O)(=O)N[C@H]2CCCC[C@@H]2C)cc1C. The van der Waals surface area contributed by atoms with Crippen molar-refractivity contribution in [2.45, 2.75) is 64.3 Å². The predicted molar refractivity (Wildman–Crippen MR) is 82.4 cm³/mol. The summed E-state index contributed by atoms with van der Waals surface area (Å²) in [6, 6.07) is 3.82. The Bertz CT molecular complexity index is 593. The second-order valence-electron chi connectivity index (χ2n) is 6.19. The lowest BCUT2D eigenvalue weighted by molar-refractivity contribution is 0.310. The van der Waals surface area contributed by atoms with E-state index in [9.17, 15) is 8.42 Å². The summed E-state index contributed by atoms with van der Waals surface area (Å²) in [6.07, 6.45) is 4.38. The van der Waals surface area contributed by atoms with Crippen molar-refractivity contribution in [3.63, 3.8) is 0 Å². The van der Waals surface area contributed by atoms with Gasteiger partial charge in [0.25, 0.3) is 0 Å². The molecule has 0 aliphatic heterocycles. The number of aryl methyl sites for hydroxylation is 3. The van der Waals surface area contributed by atoms with Crippen LogP contribution < -0.4 is 4.72 Å². The number of hydrogen-bond donors (Lipinski definition) is 1. The summed E-state index contributed by atoms with van der Waals surface area (Å²) >= 11 is 0. The van der Waals surface area contributed by atoms with Gasteiger partial charge in [0.05, 0.1) is 4.90 Å². The summed E-state index contributed by atoms with van der Waals surface area (Å²) in [4.78, 5) is 0.429. The molecule has 0 spiro atoms. The van der Waals surface area contributed by atoms with E-state index < -0.39 is 10.0 Å². The maximum atomic E-state index is 12.6. The maximum absolute atomic E-state index is 12.6. The van der Waals surface area contributed by atoms with E-state index in [4.69, 9.17) is 0 Å². The highest BCUT2D eigenvalue weighted by Crippen LogP contribution is 2.26. The van der Waals surface area contributed by atoms with Crippen molar-refractivity contribution in [2.75, 3.05) is 0 Å². The lowest BCUT2D eigenvalue weighted by Crippen LogP contribution is -2.41. The topological polar surface area (TPSA) is 46.2 Å². The number of rotatable bonds is 3. The molecule has 3 nitrogen and oxygen atoms in total. The molecule has 2 rings (SSSR count). The molecular weight excluding hydrogens is 270 g/mol. The Kier molecular flexibility index (Phi) is 4.55. The van der Waals surface area contributed by atoms with E-state index in [1.807, 2.05) is 26.8 Å². The van der Waals surface area contributed by atoms with Gasteiger partial charge in [-0.3, -0.25) is 0 Å². The largest absolute Gasteiger partial charge is 0.241 e. The van der Waals surface area contributed by atoms with E-state index in [0.29, 0.717) is 10.8 Å². The lowest BCUT2D eigenvalue weighted by atomic mass is 9.87. The summed E-state index contributed by atoms with van der Waals surface area (Å²) in [7, 11) is -3.41. The molecule has 4 heteroatoms. The lowest BCUT2D eigenvalue weighted by Gasteiger charge is -2.29. The van der Waals surface area contributed by atoms with Crippen molar-refractivity contribution in [2.24, 2.45) is 5.92 Å². The summed E-state index contributed by atoms with van der Waals surface area (Å²) in [5.74, 6) is 0.422. The molecule has 0 amide bonds. The molecule has 0 bridgehead atoms. The van der Waals surface area contributed by atoms with Crippen LogP contribution in [0, 0.1) is 26.7 Å². The summed E-state index contributed by atoms with van der Waals surface area (Å²) in [5.41, 5.74) is 2.98.